The van der Waals surface area contributed by atoms with Crippen molar-refractivity contribution in [2.45, 2.75) is 11.4 Å². The normalized spacial score (nSPS) is 11.3. The molecule has 0 heterocycles. The fraction of sp³-hybridized carbons (Fsp3) is 0.143. The van der Waals surface area contributed by atoms with Gasteiger partial charge in [-0.15, -0.1) is 0 Å². The molecule has 2 N–H and O–H groups in total. The number of nitrogens with zero attached hydrogens (tertiary/aromatic N) is 1. The van der Waals surface area contributed by atoms with Crippen molar-refractivity contribution in [3.8, 4) is 0 Å². The Bertz CT molecular complexity index is 682. The summed E-state index contributed by atoms with van der Waals surface area (Å²) >= 11 is 0. The van der Waals surface area contributed by atoms with Crippen LogP contribution in [0.2, 0.25) is 0 Å². The van der Waals surface area contributed by atoms with Crippen LogP contribution in [0.3, 0.4) is 0 Å². The van der Waals surface area contributed by atoms with Crippen molar-refractivity contribution in [2.75, 3.05) is 11.4 Å². The molecule has 0 atom stereocenters. The van der Waals surface area contributed by atoms with Crippen molar-refractivity contribution < 1.29 is 12.8 Å². The Balaban J connectivity index is 2.35. The Morgan fingerprint density at radius 1 is 1.05 bits per heavy atom. The van der Waals surface area contributed by atoms with Crippen LogP contribution in [-0.4, -0.2) is 15.5 Å². The first kappa shape index (κ1) is 14.5. The zero-order valence-corrected chi connectivity index (χ0v) is 11.8. The van der Waals surface area contributed by atoms with Crippen LogP contribution in [0.25, 0.3) is 0 Å². The Hall–Kier alpha value is -1.92. The molecule has 2 aromatic carbocycles. The third-order valence-corrected chi connectivity index (χ3v) is 4.81. The molecule has 0 aliphatic rings. The molecule has 20 heavy (non-hydrogen) atoms. The van der Waals surface area contributed by atoms with Crippen molar-refractivity contribution in [2.24, 2.45) is 5.73 Å². The summed E-state index contributed by atoms with van der Waals surface area (Å²) in [7, 11) is -2.23. The van der Waals surface area contributed by atoms with Crippen molar-refractivity contribution in [1.82, 2.24) is 0 Å². The van der Waals surface area contributed by atoms with E-state index in [2.05, 4.69) is 0 Å². The maximum absolute atomic E-state index is 12.9. The third kappa shape index (κ3) is 2.81. The van der Waals surface area contributed by atoms with Gasteiger partial charge in [0.15, 0.2) is 0 Å². The summed E-state index contributed by atoms with van der Waals surface area (Å²) in [6, 6.07) is 11.6. The van der Waals surface area contributed by atoms with E-state index in [1.54, 1.807) is 12.1 Å². The third-order valence-electron chi connectivity index (χ3n) is 3.01. The van der Waals surface area contributed by atoms with Gasteiger partial charge in [0, 0.05) is 13.6 Å². The molecule has 0 saturated heterocycles. The van der Waals surface area contributed by atoms with Gasteiger partial charge in [0.1, 0.15) is 5.82 Å². The first-order valence-electron chi connectivity index (χ1n) is 5.98. The summed E-state index contributed by atoms with van der Waals surface area (Å²) in [6.07, 6.45) is 0. The van der Waals surface area contributed by atoms with Crippen LogP contribution in [0.1, 0.15) is 5.56 Å². The number of nitrogens with two attached hydrogens (primary N) is 1. The number of rotatable bonds is 4. The van der Waals surface area contributed by atoms with Crippen molar-refractivity contribution >= 4 is 15.7 Å². The summed E-state index contributed by atoms with van der Waals surface area (Å²) in [5.74, 6) is -0.410. The smallest absolute Gasteiger partial charge is 0.264 e. The van der Waals surface area contributed by atoms with Crippen LogP contribution in [0.15, 0.2) is 53.4 Å². The average molecular weight is 294 g/mol. The molecule has 0 fully saturated rings. The Morgan fingerprint density at radius 3 is 2.10 bits per heavy atom. The van der Waals surface area contributed by atoms with E-state index in [4.69, 9.17) is 5.73 Å². The zero-order valence-electron chi connectivity index (χ0n) is 11.0. The lowest BCUT2D eigenvalue weighted by Crippen LogP contribution is -2.26. The van der Waals surface area contributed by atoms with Crippen LogP contribution in [-0.2, 0) is 16.6 Å². The van der Waals surface area contributed by atoms with Crippen molar-refractivity contribution in [1.29, 1.82) is 0 Å². The molecule has 2 rings (SSSR count). The van der Waals surface area contributed by atoms with Gasteiger partial charge >= 0.3 is 0 Å². The zero-order chi connectivity index (χ0) is 14.8. The highest BCUT2D eigenvalue weighted by Gasteiger charge is 2.21. The highest BCUT2D eigenvalue weighted by molar-refractivity contribution is 7.92. The van der Waals surface area contributed by atoms with Crippen LogP contribution in [0.5, 0.6) is 0 Å². The van der Waals surface area contributed by atoms with Gasteiger partial charge in [-0.2, -0.15) is 0 Å². The maximum Gasteiger partial charge on any atom is 0.264 e. The number of hydrogen-bond donors (Lipinski definition) is 1. The van der Waals surface area contributed by atoms with Gasteiger partial charge in [-0.25, -0.2) is 12.8 Å². The Morgan fingerprint density at radius 2 is 1.60 bits per heavy atom. The lowest BCUT2D eigenvalue weighted by Gasteiger charge is -2.19. The summed E-state index contributed by atoms with van der Waals surface area (Å²) < 4.78 is 38.8. The van der Waals surface area contributed by atoms with Gasteiger partial charge in [-0.1, -0.05) is 12.1 Å². The first-order valence-corrected chi connectivity index (χ1v) is 7.42. The molecule has 6 heteroatoms. The molecule has 0 aliphatic heterocycles. The molecule has 0 saturated carbocycles. The fourth-order valence-corrected chi connectivity index (χ4v) is 2.94. The van der Waals surface area contributed by atoms with Crippen molar-refractivity contribution in [3.63, 3.8) is 0 Å². The lowest BCUT2D eigenvalue weighted by molar-refractivity contribution is 0.594. The monoisotopic (exact) mass is 294 g/mol. The van der Waals surface area contributed by atoms with Gasteiger partial charge in [-0.05, 0) is 42.0 Å². The number of sulfonamides is 1. The minimum atomic E-state index is -3.66. The second kappa shape index (κ2) is 5.60. The van der Waals surface area contributed by atoms with Gasteiger partial charge in [0.25, 0.3) is 10.0 Å². The second-order valence-corrected chi connectivity index (χ2v) is 6.27. The van der Waals surface area contributed by atoms with Crippen molar-refractivity contribution in [3.05, 3.63) is 59.9 Å². The summed E-state index contributed by atoms with van der Waals surface area (Å²) in [4.78, 5) is 0.168. The number of benzene rings is 2. The van der Waals surface area contributed by atoms with E-state index in [-0.39, 0.29) is 4.90 Å². The molecule has 2 aromatic rings. The lowest BCUT2D eigenvalue weighted by atomic mass is 10.2. The molecule has 0 amide bonds. The van der Waals surface area contributed by atoms with Gasteiger partial charge in [0.05, 0.1) is 10.6 Å². The van der Waals surface area contributed by atoms with Crippen LogP contribution in [0.4, 0.5) is 10.1 Å². The van der Waals surface area contributed by atoms with Gasteiger partial charge in [-0.3, -0.25) is 4.31 Å². The molecule has 0 unspecified atom stereocenters. The standard InChI is InChI=1S/C14H15FN2O2S/c1-17(13-6-4-12(15)5-7-13)20(18,19)14-8-2-11(10-16)3-9-14/h2-9H,10,16H2,1H3. The molecule has 0 aliphatic carbocycles. The minimum Gasteiger partial charge on any atom is -0.326 e. The quantitative estimate of drug-likeness (QED) is 0.939. The van der Waals surface area contributed by atoms with E-state index in [0.29, 0.717) is 12.2 Å². The van der Waals surface area contributed by atoms with Gasteiger partial charge < -0.3 is 5.73 Å². The summed E-state index contributed by atoms with van der Waals surface area (Å²) in [5, 5.41) is 0. The molecule has 0 radical (unpaired) electrons. The van der Waals surface area contributed by atoms with Crippen LogP contribution in [0, 0.1) is 5.82 Å². The fourth-order valence-electron chi connectivity index (χ4n) is 1.75. The van der Waals surface area contributed by atoms with E-state index in [1.807, 2.05) is 0 Å². The second-order valence-electron chi connectivity index (χ2n) is 4.30. The molecule has 0 bridgehead atoms. The van der Waals surface area contributed by atoms with E-state index in [1.165, 1.54) is 43.4 Å². The molecular weight excluding hydrogens is 279 g/mol. The van der Waals surface area contributed by atoms with E-state index in [9.17, 15) is 12.8 Å². The molecule has 4 nitrogen and oxygen atoms in total. The number of hydrogen-bond acceptors (Lipinski definition) is 3. The SMILES string of the molecule is CN(c1ccc(F)cc1)S(=O)(=O)c1ccc(CN)cc1. The largest absolute Gasteiger partial charge is 0.326 e. The summed E-state index contributed by atoms with van der Waals surface area (Å²) in [6.45, 7) is 0.355. The van der Waals surface area contributed by atoms with Crippen LogP contribution < -0.4 is 10.0 Å². The summed E-state index contributed by atoms with van der Waals surface area (Å²) in [5.41, 5.74) is 6.73. The molecular formula is C14H15FN2O2S. The van der Waals surface area contributed by atoms with Crippen LogP contribution >= 0.6 is 0 Å². The first-order chi connectivity index (χ1) is 9.45. The van der Waals surface area contributed by atoms with E-state index >= 15 is 0 Å². The minimum absolute atomic E-state index is 0.168. The number of halogens is 1. The maximum atomic E-state index is 12.9. The van der Waals surface area contributed by atoms with Gasteiger partial charge in [0.2, 0.25) is 0 Å². The highest BCUT2D eigenvalue weighted by Crippen LogP contribution is 2.22. The predicted molar refractivity (Wildman–Crippen MR) is 76.3 cm³/mol. The highest BCUT2D eigenvalue weighted by atomic mass is 32.2. The van der Waals surface area contributed by atoms with E-state index < -0.39 is 15.8 Å². The number of anilines is 1. The molecule has 106 valence electrons. The average Bonchev–Trinajstić information content (AvgIpc) is 2.47. The topological polar surface area (TPSA) is 63.4 Å². The predicted octanol–water partition coefficient (Wildman–Crippen LogP) is 2.11. The Labute approximate surface area is 117 Å². The van der Waals surface area contributed by atoms with E-state index in [0.717, 1.165) is 9.87 Å². The molecule has 0 spiro atoms. The molecule has 0 aromatic heterocycles. The Kier molecular flexibility index (Phi) is 4.06.